The van der Waals surface area contributed by atoms with Gasteiger partial charge in [0.05, 0.1) is 6.61 Å². The van der Waals surface area contributed by atoms with E-state index < -0.39 is 17.7 Å². The van der Waals surface area contributed by atoms with E-state index in [-0.39, 0.29) is 5.70 Å². The number of alkyl carbamates (subject to hydrolysis) is 1. The van der Waals surface area contributed by atoms with Gasteiger partial charge in [0.1, 0.15) is 11.3 Å². The van der Waals surface area contributed by atoms with Crippen molar-refractivity contribution in [3.05, 3.63) is 11.8 Å². The fourth-order valence-corrected chi connectivity index (χ4v) is 0.927. The average molecular weight is 243 g/mol. The second-order valence-corrected chi connectivity index (χ2v) is 4.47. The second kappa shape index (κ2) is 6.93. The minimum Gasteiger partial charge on any atom is -0.461 e. The highest BCUT2D eigenvalue weighted by Gasteiger charge is 2.19. The summed E-state index contributed by atoms with van der Waals surface area (Å²) < 4.78 is 9.92. The van der Waals surface area contributed by atoms with E-state index in [9.17, 15) is 9.59 Å². The SMILES string of the molecule is C/C=C(\NC(=O)OC(C)(C)C)C(=O)OCCC. The molecule has 0 bridgehead atoms. The fourth-order valence-electron chi connectivity index (χ4n) is 0.927. The van der Waals surface area contributed by atoms with Gasteiger partial charge in [-0.2, -0.15) is 0 Å². The number of allylic oxidation sites excluding steroid dienone is 1. The van der Waals surface area contributed by atoms with E-state index >= 15 is 0 Å². The van der Waals surface area contributed by atoms with Gasteiger partial charge in [-0.3, -0.25) is 5.32 Å². The van der Waals surface area contributed by atoms with Crippen LogP contribution in [0.1, 0.15) is 41.0 Å². The molecular formula is C12H21NO4. The number of ether oxygens (including phenoxy) is 2. The summed E-state index contributed by atoms with van der Waals surface area (Å²) in [6.45, 7) is 9.10. The van der Waals surface area contributed by atoms with E-state index in [1.54, 1.807) is 27.7 Å². The number of esters is 1. The first kappa shape index (κ1) is 15.5. The van der Waals surface area contributed by atoms with Crippen LogP contribution in [0.25, 0.3) is 0 Å². The molecule has 0 saturated carbocycles. The number of rotatable bonds is 4. The molecule has 0 aromatic heterocycles. The number of carbonyl (C=O) groups is 2. The normalized spacial score (nSPS) is 11.9. The van der Waals surface area contributed by atoms with Crippen molar-refractivity contribution in [1.29, 1.82) is 0 Å². The smallest absolute Gasteiger partial charge is 0.412 e. The molecule has 0 atom stereocenters. The summed E-state index contributed by atoms with van der Waals surface area (Å²) >= 11 is 0. The Kier molecular flexibility index (Phi) is 6.31. The van der Waals surface area contributed by atoms with Crippen molar-refractivity contribution < 1.29 is 19.1 Å². The molecule has 0 aliphatic rings. The van der Waals surface area contributed by atoms with E-state index in [0.717, 1.165) is 6.42 Å². The van der Waals surface area contributed by atoms with E-state index in [1.807, 2.05) is 6.92 Å². The minimum atomic E-state index is -0.668. The minimum absolute atomic E-state index is 0.0905. The van der Waals surface area contributed by atoms with Crippen LogP contribution in [0, 0.1) is 0 Å². The highest BCUT2D eigenvalue weighted by molar-refractivity contribution is 5.92. The molecule has 0 radical (unpaired) electrons. The van der Waals surface area contributed by atoms with Gasteiger partial charge >= 0.3 is 12.1 Å². The Balaban J connectivity index is 4.32. The first-order valence-corrected chi connectivity index (χ1v) is 5.63. The molecule has 0 aliphatic carbocycles. The Morgan fingerprint density at radius 2 is 1.88 bits per heavy atom. The quantitative estimate of drug-likeness (QED) is 0.608. The van der Waals surface area contributed by atoms with Crippen molar-refractivity contribution in [2.24, 2.45) is 0 Å². The van der Waals surface area contributed by atoms with Crippen LogP contribution in [-0.4, -0.2) is 24.3 Å². The van der Waals surface area contributed by atoms with Crippen LogP contribution in [0.2, 0.25) is 0 Å². The van der Waals surface area contributed by atoms with Gasteiger partial charge in [0.2, 0.25) is 0 Å². The molecule has 0 aromatic carbocycles. The van der Waals surface area contributed by atoms with Crippen molar-refractivity contribution in [1.82, 2.24) is 5.32 Å². The predicted molar refractivity (Wildman–Crippen MR) is 64.4 cm³/mol. The number of nitrogens with one attached hydrogen (secondary N) is 1. The molecule has 0 rings (SSSR count). The van der Waals surface area contributed by atoms with Crippen LogP contribution >= 0.6 is 0 Å². The van der Waals surface area contributed by atoms with Crippen molar-refractivity contribution in [2.45, 2.75) is 46.6 Å². The zero-order valence-electron chi connectivity index (χ0n) is 11.1. The first-order chi connectivity index (χ1) is 7.80. The van der Waals surface area contributed by atoms with Crippen LogP contribution in [-0.2, 0) is 14.3 Å². The molecule has 5 heteroatoms. The van der Waals surface area contributed by atoms with Crippen molar-refractivity contribution in [3.63, 3.8) is 0 Å². The van der Waals surface area contributed by atoms with Gasteiger partial charge in [0.25, 0.3) is 0 Å². The lowest BCUT2D eigenvalue weighted by molar-refractivity contribution is -0.139. The van der Waals surface area contributed by atoms with Gasteiger partial charge < -0.3 is 9.47 Å². The molecule has 98 valence electrons. The zero-order valence-corrected chi connectivity index (χ0v) is 11.1. The molecule has 1 N–H and O–H groups in total. The van der Waals surface area contributed by atoms with Gasteiger partial charge in [-0.05, 0) is 34.1 Å². The number of carbonyl (C=O) groups excluding carboxylic acids is 2. The Bertz CT molecular complexity index is 302. The Labute approximate surface area is 102 Å². The first-order valence-electron chi connectivity index (χ1n) is 5.63. The predicted octanol–water partition coefficient (Wildman–Crippen LogP) is 2.37. The Morgan fingerprint density at radius 1 is 1.29 bits per heavy atom. The van der Waals surface area contributed by atoms with Gasteiger partial charge in [-0.15, -0.1) is 0 Å². The van der Waals surface area contributed by atoms with E-state index in [4.69, 9.17) is 9.47 Å². The van der Waals surface area contributed by atoms with Gasteiger partial charge in [0.15, 0.2) is 0 Å². The summed E-state index contributed by atoms with van der Waals surface area (Å²) in [4.78, 5) is 22.9. The number of hydrogen-bond donors (Lipinski definition) is 1. The molecule has 0 aromatic rings. The zero-order chi connectivity index (χ0) is 13.5. The van der Waals surface area contributed by atoms with Crippen molar-refractivity contribution in [3.8, 4) is 0 Å². The largest absolute Gasteiger partial charge is 0.461 e. The summed E-state index contributed by atoms with van der Waals surface area (Å²) in [6.07, 6.45) is 1.54. The number of hydrogen-bond acceptors (Lipinski definition) is 4. The van der Waals surface area contributed by atoms with Crippen LogP contribution in [0.15, 0.2) is 11.8 Å². The summed E-state index contributed by atoms with van der Waals surface area (Å²) in [5, 5.41) is 2.36. The summed E-state index contributed by atoms with van der Waals surface area (Å²) in [7, 11) is 0. The van der Waals surface area contributed by atoms with E-state index in [0.29, 0.717) is 6.61 Å². The lowest BCUT2D eigenvalue weighted by Gasteiger charge is -2.20. The molecule has 0 saturated heterocycles. The molecule has 5 nitrogen and oxygen atoms in total. The van der Waals surface area contributed by atoms with Gasteiger partial charge in [0, 0.05) is 0 Å². The highest BCUT2D eigenvalue weighted by atomic mass is 16.6. The van der Waals surface area contributed by atoms with Crippen LogP contribution < -0.4 is 5.32 Å². The van der Waals surface area contributed by atoms with Crippen LogP contribution in [0.4, 0.5) is 4.79 Å². The van der Waals surface area contributed by atoms with E-state index in [2.05, 4.69) is 5.32 Å². The van der Waals surface area contributed by atoms with Crippen LogP contribution in [0.5, 0.6) is 0 Å². The monoisotopic (exact) mass is 243 g/mol. The third kappa shape index (κ3) is 7.38. The second-order valence-electron chi connectivity index (χ2n) is 4.47. The molecule has 0 aliphatic heterocycles. The Morgan fingerprint density at radius 3 is 2.29 bits per heavy atom. The lowest BCUT2D eigenvalue weighted by atomic mass is 10.2. The van der Waals surface area contributed by atoms with Gasteiger partial charge in [-0.1, -0.05) is 13.0 Å². The standard InChI is InChI=1S/C12H21NO4/c1-6-8-16-10(14)9(7-2)13-11(15)17-12(3,4)5/h7H,6,8H2,1-5H3,(H,13,15)/b9-7-. The highest BCUT2D eigenvalue weighted by Crippen LogP contribution is 2.07. The van der Waals surface area contributed by atoms with Crippen molar-refractivity contribution >= 4 is 12.1 Å². The maximum absolute atomic E-state index is 11.5. The topological polar surface area (TPSA) is 64.6 Å². The molecule has 0 heterocycles. The summed E-state index contributed by atoms with van der Waals surface area (Å²) in [5.74, 6) is -0.555. The summed E-state index contributed by atoms with van der Waals surface area (Å²) in [6, 6.07) is 0. The lowest BCUT2D eigenvalue weighted by Crippen LogP contribution is -2.34. The van der Waals surface area contributed by atoms with Crippen LogP contribution in [0.3, 0.4) is 0 Å². The molecule has 0 unspecified atom stereocenters. The maximum Gasteiger partial charge on any atom is 0.412 e. The third-order valence-corrected chi connectivity index (χ3v) is 1.58. The van der Waals surface area contributed by atoms with E-state index in [1.165, 1.54) is 6.08 Å². The molecular weight excluding hydrogens is 222 g/mol. The maximum atomic E-state index is 11.5. The molecule has 1 amide bonds. The summed E-state index contributed by atoms with van der Waals surface area (Å²) in [5.41, 5.74) is -0.510. The fraction of sp³-hybridized carbons (Fsp3) is 0.667. The van der Waals surface area contributed by atoms with Gasteiger partial charge in [-0.25, -0.2) is 9.59 Å². The molecule has 0 spiro atoms. The average Bonchev–Trinajstić information content (AvgIpc) is 2.19. The molecule has 0 fully saturated rings. The molecule has 17 heavy (non-hydrogen) atoms. The van der Waals surface area contributed by atoms with Crippen molar-refractivity contribution in [2.75, 3.05) is 6.61 Å². The third-order valence-electron chi connectivity index (χ3n) is 1.58. The Hall–Kier alpha value is -1.52. The number of amides is 1.